The number of nitrogens with one attached hydrogen (secondary N) is 1. The normalized spacial score (nSPS) is 24.3. The molecule has 7 heteroatoms. The maximum absolute atomic E-state index is 4.36. The van der Waals surface area contributed by atoms with Crippen LogP contribution < -0.4 is 5.32 Å². The molecular formula is C11H16N6S. The molecule has 1 aliphatic carbocycles. The zero-order valence-electron chi connectivity index (χ0n) is 10.3. The summed E-state index contributed by atoms with van der Waals surface area (Å²) in [5.74, 6) is 0.848. The highest BCUT2D eigenvalue weighted by Crippen LogP contribution is 2.29. The number of anilines is 1. The number of tetrazole rings is 1. The lowest BCUT2D eigenvalue weighted by atomic mass is 9.95. The van der Waals surface area contributed by atoms with Gasteiger partial charge in [-0.05, 0) is 41.7 Å². The first-order valence-corrected chi connectivity index (χ1v) is 7.50. The van der Waals surface area contributed by atoms with Crippen LogP contribution in [0.4, 0.5) is 5.82 Å². The third-order valence-corrected chi connectivity index (χ3v) is 4.58. The summed E-state index contributed by atoms with van der Waals surface area (Å²) in [6, 6.07) is 4.32. The predicted octanol–water partition coefficient (Wildman–Crippen LogP) is 1.61. The van der Waals surface area contributed by atoms with Crippen LogP contribution in [0.15, 0.2) is 12.1 Å². The van der Waals surface area contributed by atoms with Crippen LogP contribution in [0.3, 0.4) is 0 Å². The molecule has 0 saturated heterocycles. The van der Waals surface area contributed by atoms with Gasteiger partial charge in [-0.3, -0.25) is 0 Å². The number of nitrogens with zero attached hydrogens (tertiary/aromatic N) is 5. The van der Waals surface area contributed by atoms with Gasteiger partial charge < -0.3 is 5.32 Å². The van der Waals surface area contributed by atoms with Crippen LogP contribution in [0.25, 0.3) is 5.65 Å². The minimum absolute atomic E-state index is 0.496. The number of thioether (sulfide) groups is 1. The first-order valence-electron chi connectivity index (χ1n) is 6.21. The van der Waals surface area contributed by atoms with Crippen molar-refractivity contribution in [2.45, 2.75) is 37.0 Å². The molecule has 0 bridgehead atoms. The third kappa shape index (κ3) is 2.27. The van der Waals surface area contributed by atoms with Gasteiger partial charge in [0.25, 0.3) is 0 Å². The van der Waals surface area contributed by atoms with Gasteiger partial charge in [0.2, 0.25) is 0 Å². The van der Waals surface area contributed by atoms with Gasteiger partial charge in [-0.2, -0.15) is 11.8 Å². The number of aromatic nitrogens is 5. The van der Waals surface area contributed by atoms with Crippen molar-refractivity contribution < 1.29 is 0 Å². The molecule has 0 aromatic carbocycles. The number of hydrogen-bond donors (Lipinski definition) is 1. The zero-order chi connectivity index (χ0) is 12.4. The summed E-state index contributed by atoms with van der Waals surface area (Å²) < 4.78 is 1.46. The molecule has 1 saturated carbocycles. The van der Waals surface area contributed by atoms with Gasteiger partial charge in [0.05, 0.1) is 0 Å². The van der Waals surface area contributed by atoms with Crippen LogP contribution in [0.5, 0.6) is 0 Å². The quantitative estimate of drug-likeness (QED) is 0.908. The molecule has 2 heterocycles. The van der Waals surface area contributed by atoms with Gasteiger partial charge in [-0.15, -0.1) is 14.8 Å². The molecule has 2 atom stereocenters. The van der Waals surface area contributed by atoms with E-state index >= 15 is 0 Å². The lowest BCUT2D eigenvalue weighted by Gasteiger charge is -2.31. The molecule has 0 amide bonds. The first kappa shape index (κ1) is 11.7. The fourth-order valence-corrected chi connectivity index (χ4v) is 3.40. The number of fused-ring (bicyclic) bond motifs is 1. The van der Waals surface area contributed by atoms with Crippen LogP contribution in [0.1, 0.15) is 25.7 Å². The van der Waals surface area contributed by atoms with Gasteiger partial charge in [-0.1, -0.05) is 12.8 Å². The Morgan fingerprint density at radius 2 is 2.22 bits per heavy atom. The van der Waals surface area contributed by atoms with Crippen LogP contribution in [0, 0.1) is 0 Å². The minimum Gasteiger partial charge on any atom is -0.365 e. The Morgan fingerprint density at radius 3 is 3.11 bits per heavy atom. The van der Waals surface area contributed by atoms with E-state index in [1.807, 2.05) is 23.9 Å². The molecule has 2 unspecified atom stereocenters. The molecule has 2 aromatic heterocycles. The Hall–Kier alpha value is -1.37. The van der Waals surface area contributed by atoms with Gasteiger partial charge in [-0.25, -0.2) is 0 Å². The van der Waals surface area contributed by atoms with Gasteiger partial charge in [0, 0.05) is 11.3 Å². The van der Waals surface area contributed by atoms with Crippen LogP contribution in [-0.4, -0.2) is 42.8 Å². The minimum atomic E-state index is 0.496. The topological polar surface area (TPSA) is 68.0 Å². The summed E-state index contributed by atoms with van der Waals surface area (Å²) >= 11 is 1.94. The van der Waals surface area contributed by atoms with Crippen LogP contribution in [-0.2, 0) is 0 Å². The van der Waals surface area contributed by atoms with E-state index in [-0.39, 0.29) is 0 Å². The molecule has 96 valence electrons. The fourth-order valence-electron chi connectivity index (χ4n) is 2.46. The van der Waals surface area contributed by atoms with Crippen molar-refractivity contribution in [2.75, 3.05) is 11.6 Å². The van der Waals surface area contributed by atoms with E-state index in [9.17, 15) is 0 Å². The molecule has 0 aliphatic heterocycles. The number of hydrogen-bond acceptors (Lipinski definition) is 6. The molecule has 3 rings (SSSR count). The average molecular weight is 264 g/mol. The Balaban J connectivity index is 1.77. The summed E-state index contributed by atoms with van der Waals surface area (Å²) in [7, 11) is 0. The highest BCUT2D eigenvalue weighted by molar-refractivity contribution is 7.99. The van der Waals surface area contributed by atoms with E-state index in [4.69, 9.17) is 0 Å². The zero-order valence-corrected chi connectivity index (χ0v) is 11.1. The van der Waals surface area contributed by atoms with Crippen molar-refractivity contribution in [3.8, 4) is 0 Å². The molecule has 0 spiro atoms. The summed E-state index contributed by atoms with van der Waals surface area (Å²) in [4.78, 5) is 0. The van der Waals surface area contributed by atoms with Crippen LogP contribution in [0.2, 0.25) is 0 Å². The summed E-state index contributed by atoms with van der Waals surface area (Å²) in [6.45, 7) is 0. The van der Waals surface area contributed by atoms with E-state index in [1.165, 1.54) is 30.3 Å². The molecule has 1 aliphatic rings. The molecule has 0 radical (unpaired) electrons. The Morgan fingerprint density at radius 1 is 1.33 bits per heavy atom. The van der Waals surface area contributed by atoms with E-state index in [0.29, 0.717) is 16.9 Å². The third-order valence-electron chi connectivity index (χ3n) is 3.41. The first-order chi connectivity index (χ1) is 8.86. The van der Waals surface area contributed by atoms with Crippen molar-refractivity contribution in [1.82, 2.24) is 25.3 Å². The van der Waals surface area contributed by atoms with Crippen molar-refractivity contribution >= 4 is 23.2 Å². The second-order valence-corrected chi connectivity index (χ2v) is 5.63. The maximum atomic E-state index is 4.36. The highest BCUT2D eigenvalue weighted by Gasteiger charge is 2.24. The Kier molecular flexibility index (Phi) is 3.31. The smallest absolute Gasteiger partial charge is 0.200 e. The fraction of sp³-hybridized carbons (Fsp3) is 0.636. The second-order valence-electron chi connectivity index (χ2n) is 4.55. The van der Waals surface area contributed by atoms with Crippen molar-refractivity contribution in [3.05, 3.63) is 12.1 Å². The summed E-state index contributed by atoms with van der Waals surface area (Å²) in [6.07, 6.45) is 7.31. The summed E-state index contributed by atoms with van der Waals surface area (Å²) in [5, 5.41) is 19.8. The van der Waals surface area contributed by atoms with E-state index in [2.05, 4.69) is 32.2 Å². The molecule has 1 fully saturated rings. The van der Waals surface area contributed by atoms with Crippen LogP contribution >= 0.6 is 11.8 Å². The van der Waals surface area contributed by atoms with Gasteiger partial charge in [0.1, 0.15) is 5.82 Å². The SMILES string of the molecule is CSC1CCCCC1Nc1ccc2nnnn2n1. The Bertz CT molecular complexity index is 527. The highest BCUT2D eigenvalue weighted by atomic mass is 32.2. The second kappa shape index (κ2) is 5.09. The van der Waals surface area contributed by atoms with Crippen molar-refractivity contribution in [3.63, 3.8) is 0 Å². The predicted molar refractivity (Wildman–Crippen MR) is 71.8 cm³/mol. The molecule has 1 N–H and O–H groups in total. The Labute approximate surface area is 110 Å². The summed E-state index contributed by atoms with van der Waals surface area (Å²) in [5.41, 5.74) is 0.672. The van der Waals surface area contributed by atoms with E-state index in [1.54, 1.807) is 0 Å². The van der Waals surface area contributed by atoms with Gasteiger partial charge >= 0.3 is 0 Å². The molecule has 2 aromatic rings. The number of rotatable bonds is 3. The lowest BCUT2D eigenvalue weighted by molar-refractivity contribution is 0.473. The molecule has 6 nitrogen and oxygen atoms in total. The monoisotopic (exact) mass is 264 g/mol. The lowest BCUT2D eigenvalue weighted by Crippen LogP contribution is -2.34. The molecule has 18 heavy (non-hydrogen) atoms. The molecular weight excluding hydrogens is 248 g/mol. The van der Waals surface area contributed by atoms with Crippen molar-refractivity contribution in [1.29, 1.82) is 0 Å². The maximum Gasteiger partial charge on any atom is 0.200 e. The van der Waals surface area contributed by atoms with E-state index < -0.39 is 0 Å². The average Bonchev–Trinajstić information content (AvgIpc) is 2.87. The largest absolute Gasteiger partial charge is 0.365 e. The van der Waals surface area contributed by atoms with Gasteiger partial charge in [0.15, 0.2) is 5.65 Å². The van der Waals surface area contributed by atoms with Crippen molar-refractivity contribution in [2.24, 2.45) is 0 Å². The standard InChI is InChI=1S/C11H16N6S/c1-18-9-5-3-2-4-8(9)12-10-6-7-11-13-15-16-17(11)14-10/h6-9H,2-5H2,1H3,(H,12,14). The van der Waals surface area contributed by atoms with E-state index in [0.717, 1.165) is 5.82 Å².